The molecule has 24 heavy (non-hydrogen) atoms. The summed E-state index contributed by atoms with van der Waals surface area (Å²) in [6.07, 6.45) is 0. The lowest BCUT2D eigenvalue weighted by Gasteiger charge is -2.30. The van der Waals surface area contributed by atoms with Gasteiger partial charge in [0.15, 0.2) is 5.92 Å². The van der Waals surface area contributed by atoms with Gasteiger partial charge in [-0.3, -0.25) is 19.3 Å². The van der Waals surface area contributed by atoms with Gasteiger partial charge in [0.25, 0.3) is 5.91 Å². The zero-order valence-electron chi connectivity index (χ0n) is 12.9. The van der Waals surface area contributed by atoms with E-state index in [0.29, 0.717) is 11.3 Å². The number of hydrogen-bond donors (Lipinski definition) is 1. The number of aliphatic carboxylic acids is 1. The standard InChI is InChI=1S/C18H15NO5/c1-24-12-8-6-11(7-9-12)10-19-16(20)14-5-3-2-4-13(14)15(17(19)21)18(22)23/h2-9,15H,10H2,1H3,(H,22,23). The number of fused-ring (bicyclic) bond motifs is 1. The lowest BCUT2D eigenvalue weighted by Crippen LogP contribution is -2.46. The van der Waals surface area contributed by atoms with Crippen LogP contribution < -0.4 is 4.74 Å². The Labute approximate surface area is 138 Å². The van der Waals surface area contributed by atoms with Gasteiger partial charge in [0, 0.05) is 5.56 Å². The van der Waals surface area contributed by atoms with Crippen LogP contribution in [0.4, 0.5) is 0 Å². The van der Waals surface area contributed by atoms with E-state index < -0.39 is 23.7 Å². The van der Waals surface area contributed by atoms with E-state index in [-0.39, 0.29) is 17.7 Å². The van der Waals surface area contributed by atoms with Gasteiger partial charge in [0.05, 0.1) is 13.7 Å². The van der Waals surface area contributed by atoms with Crippen molar-refractivity contribution in [2.24, 2.45) is 0 Å². The maximum atomic E-state index is 12.6. The van der Waals surface area contributed by atoms with Crippen LogP contribution in [0.2, 0.25) is 0 Å². The number of carbonyl (C=O) groups is 3. The maximum absolute atomic E-state index is 12.6. The predicted molar refractivity (Wildman–Crippen MR) is 84.7 cm³/mol. The van der Waals surface area contributed by atoms with Gasteiger partial charge in [-0.1, -0.05) is 30.3 Å². The molecular formula is C18H15NO5. The molecule has 2 aromatic rings. The molecule has 0 spiro atoms. The number of methoxy groups -OCH3 is 1. The lowest BCUT2D eigenvalue weighted by molar-refractivity contribution is -0.146. The first-order valence-electron chi connectivity index (χ1n) is 7.33. The predicted octanol–water partition coefficient (Wildman–Crippen LogP) is 2.05. The van der Waals surface area contributed by atoms with E-state index in [2.05, 4.69) is 0 Å². The van der Waals surface area contributed by atoms with Gasteiger partial charge in [-0.05, 0) is 29.3 Å². The van der Waals surface area contributed by atoms with Crippen LogP contribution in [0.15, 0.2) is 48.5 Å². The topological polar surface area (TPSA) is 83.9 Å². The number of carbonyl (C=O) groups excluding carboxylic acids is 2. The third kappa shape index (κ3) is 2.62. The Bertz CT molecular complexity index is 812. The smallest absolute Gasteiger partial charge is 0.320 e. The third-order valence-corrected chi connectivity index (χ3v) is 4.01. The number of carboxylic acids is 1. The van der Waals surface area contributed by atoms with Crippen molar-refractivity contribution in [3.8, 4) is 5.75 Å². The number of rotatable bonds is 4. The van der Waals surface area contributed by atoms with Crippen LogP contribution in [-0.4, -0.2) is 34.9 Å². The molecule has 1 unspecified atom stereocenters. The van der Waals surface area contributed by atoms with E-state index in [0.717, 1.165) is 4.90 Å². The van der Waals surface area contributed by atoms with Crippen LogP contribution in [0.5, 0.6) is 5.75 Å². The van der Waals surface area contributed by atoms with Gasteiger partial charge in [-0.25, -0.2) is 0 Å². The number of benzene rings is 2. The summed E-state index contributed by atoms with van der Waals surface area (Å²) in [5.74, 6) is -3.17. The fourth-order valence-corrected chi connectivity index (χ4v) is 2.78. The van der Waals surface area contributed by atoms with E-state index in [1.165, 1.54) is 6.07 Å². The molecule has 2 amide bonds. The highest BCUT2D eigenvalue weighted by Gasteiger charge is 2.42. The van der Waals surface area contributed by atoms with E-state index in [9.17, 15) is 19.5 Å². The fourth-order valence-electron chi connectivity index (χ4n) is 2.78. The summed E-state index contributed by atoms with van der Waals surface area (Å²) in [5, 5.41) is 9.42. The van der Waals surface area contributed by atoms with E-state index >= 15 is 0 Å². The van der Waals surface area contributed by atoms with Crippen LogP contribution in [0.1, 0.15) is 27.4 Å². The molecule has 0 radical (unpaired) electrons. The molecule has 122 valence electrons. The minimum atomic E-state index is -1.36. The Kier molecular flexibility index (Phi) is 4.04. The molecule has 2 aromatic carbocycles. The molecule has 0 bridgehead atoms. The highest BCUT2D eigenvalue weighted by Crippen LogP contribution is 2.30. The van der Waals surface area contributed by atoms with Gasteiger partial charge in [-0.2, -0.15) is 0 Å². The summed E-state index contributed by atoms with van der Waals surface area (Å²) in [6, 6.07) is 13.2. The van der Waals surface area contributed by atoms with Gasteiger partial charge in [0.1, 0.15) is 5.75 Å². The summed E-state index contributed by atoms with van der Waals surface area (Å²) in [4.78, 5) is 37.7. The van der Waals surface area contributed by atoms with Crippen LogP contribution >= 0.6 is 0 Å². The Balaban J connectivity index is 1.97. The SMILES string of the molecule is COc1ccc(CN2C(=O)c3ccccc3C(C(=O)O)C2=O)cc1. The van der Waals surface area contributed by atoms with Gasteiger partial charge < -0.3 is 9.84 Å². The van der Waals surface area contributed by atoms with E-state index in [1.807, 2.05) is 0 Å². The number of ether oxygens (including phenoxy) is 1. The van der Waals surface area contributed by atoms with Crippen molar-refractivity contribution in [1.82, 2.24) is 4.90 Å². The Morgan fingerprint density at radius 3 is 2.42 bits per heavy atom. The summed E-state index contributed by atoms with van der Waals surface area (Å²) in [6.45, 7) is 0.0137. The average Bonchev–Trinajstić information content (AvgIpc) is 2.59. The van der Waals surface area contributed by atoms with Gasteiger partial charge in [-0.15, -0.1) is 0 Å². The molecule has 1 N–H and O–H groups in total. The quantitative estimate of drug-likeness (QED) is 0.687. The molecular weight excluding hydrogens is 310 g/mol. The first-order valence-corrected chi connectivity index (χ1v) is 7.33. The normalized spacial score (nSPS) is 16.7. The van der Waals surface area contributed by atoms with Crippen molar-refractivity contribution in [3.05, 3.63) is 65.2 Å². The van der Waals surface area contributed by atoms with Crippen LogP contribution in [-0.2, 0) is 16.1 Å². The number of carboxylic acid groups (broad SMARTS) is 1. The van der Waals surface area contributed by atoms with Crippen LogP contribution in [0.25, 0.3) is 0 Å². The summed E-state index contributed by atoms with van der Waals surface area (Å²) in [5.41, 5.74) is 1.20. The number of nitrogens with zero attached hydrogens (tertiary/aromatic N) is 1. The monoisotopic (exact) mass is 325 g/mol. The Morgan fingerprint density at radius 2 is 1.79 bits per heavy atom. The zero-order valence-corrected chi connectivity index (χ0v) is 12.9. The van der Waals surface area contributed by atoms with Crippen LogP contribution in [0.3, 0.4) is 0 Å². The minimum absolute atomic E-state index is 0.0137. The summed E-state index contributed by atoms with van der Waals surface area (Å²) < 4.78 is 5.07. The zero-order chi connectivity index (χ0) is 17.3. The molecule has 1 aliphatic heterocycles. The highest BCUT2D eigenvalue weighted by molar-refractivity contribution is 6.17. The molecule has 0 saturated carbocycles. The second-order valence-electron chi connectivity index (χ2n) is 5.44. The molecule has 1 heterocycles. The Hall–Kier alpha value is -3.15. The molecule has 6 nitrogen and oxygen atoms in total. The average molecular weight is 325 g/mol. The van der Waals surface area contributed by atoms with E-state index in [4.69, 9.17) is 4.74 Å². The van der Waals surface area contributed by atoms with Crippen LogP contribution in [0, 0.1) is 0 Å². The Morgan fingerprint density at radius 1 is 1.12 bits per heavy atom. The first kappa shape index (κ1) is 15.7. The second-order valence-corrected chi connectivity index (χ2v) is 5.44. The van der Waals surface area contributed by atoms with Crippen molar-refractivity contribution in [3.63, 3.8) is 0 Å². The number of imide groups is 1. The van der Waals surface area contributed by atoms with Crippen molar-refractivity contribution < 1.29 is 24.2 Å². The molecule has 0 saturated heterocycles. The second kappa shape index (κ2) is 6.16. The van der Waals surface area contributed by atoms with E-state index in [1.54, 1.807) is 49.6 Å². The maximum Gasteiger partial charge on any atom is 0.320 e. The number of hydrogen-bond acceptors (Lipinski definition) is 4. The van der Waals surface area contributed by atoms with Crippen molar-refractivity contribution in [2.45, 2.75) is 12.5 Å². The highest BCUT2D eigenvalue weighted by atomic mass is 16.5. The summed E-state index contributed by atoms with van der Waals surface area (Å²) >= 11 is 0. The minimum Gasteiger partial charge on any atom is -0.497 e. The summed E-state index contributed by atoms with van der Waals surface area (Å²) in [7, 11) is 1.54. The molecule has 3 rings (SSSR count). The van der Waals surface area contributed by atoms with Gasteiger partial charge >= 0.3 is 5.97 Å². The van der Waals surface area contributed by atoms with Crippen molar-refractivity contribution in [1.29, 1.82) is 0 Å². The molecule has 0 aliphatic carbocycles. The number of amides is 2. The third-order valence-electron chi connectivity index (χ3n) is 4.01. The largest absolute Gasteiger partial charge is 0.497 e. The van der Waals surface area contributed by atoms with Crippen molar-refractivity contribution >= 4 is 17.8 Å². The van der Waals surface area contributed by atoms with Crippen molar-refractivity contribution in [2.75, 3.05) is 7.11 Å². The lowest BCUT2D eigenvalue weighted by atomic mass is 9.88. The molecule has 6 heteroatoms. The molecule has 0 fully saturated rings. The van der Waals surface area contributed by atoms with Gasteiger partial charge in [0.2, 0.25) is 5.91 Å². The first-order chi connectivity index (χ1) is 11.5. The molecule has 0 aromatic heterocycles. The fraction of sp³-hybridized carbons (Fsp3) is 0.167. The molecule has 1 atom stereocenters. The molecule has 1 aliphatic rings.